The van der Waals surface area contributed by atoms with Crippen LogP contribution in [0.3, 0.4) is 0 Å². The highest BCUT2D eigenvalue weighted by molar-refractivity contribution is 5.08. The third kappa shape index (κ3) is 5.01. The van der Waals surface area contributed by atoms with Gasteiger partial charge in [-0.15, -0.1) is 0 Å². The average Bonchev–Trinajstić information content (AvgIpc) is 2.26. The van der Waals surface area contributed by atoms with Gasteiger partial charge in [0.15, 0.2) is 0 Å². The van der Waals surface area contributed by atoms with Crippen molar-refractivity contribution in [3.8, 4) is 0 Å². The topological polar surface area (TPSA) is 0 Å². The molecule has 0 radical (unpaired) electrons. The lowest BCUT2D eigenvalue weighted by Gasteiger charge is -2.23. The Hall–Kier alpha value is -0.520. The Morgan fingerprint density at radius 1 is 1.00 bits per heavy atom. The van der Waals surface area contributed by atoms with Crippen molar-refractivity contribution in [2.75, 3.05) is 0 Å². The van der Waals surface area contributed by atoms with Crippen LogP contribution >= 0.6 is 0 Å². The summed E-state index contributed by atoms with van der Waals surface area (Å²) < 4.78 is 0. The van der Waals surface area contributed by atoms with Gasteiger partial charge in [0.05, 0.1) is 0 Å². The summed E-state index contributed by atoms with van der Waals surface area (Å²) in [5, 5.41) is 0. The minimum atomic E-state index is 0.711. The summed E-state index contributed by atoms with van der Waals surface area (Å²) in [6, 6.07) is 0. The second kappa shape index (κ2) is 6.93. The fourth-order valence-electron chi connectivity index (χ4n) is 2.56. The zero-order chi connectivity index (χ0) is 12.0. The van der Waals surface area contributed by atoms with E-state index in [4.69, 9.17) is 0 Å². The Bertz CT molecular complexity index is 222. The van der Waals surface area contributed by atoms with Gasteiger partial charge in [0, 0.05) is 0 Å². The molecule has 0 spiro atoms. The van der Waals surface area contributed by atoms with Crippen LogP contribution in [-0.2, 0) is 0 Å². The van der Waals surface area contributed by atoms with E-state index in [1.54, 1.807) is 0 Å². The van der Waals surface area contributed by atoms with Gasteiger partial charge in [-0.1, -0.05) is 52.0 Å². The molecule has 0 heterocycles. The lowest BCUT2D eigenvalue weighted by molar-refractivity contribution is 0.298. The van der Waals surface area contributed by atoms with E-state index in [1.807, 2.05) is 0 Å². The molecule has 0 nitrogen and oxygen atoms in total. The molecule has 92 valence electrons. The van der Waals surface area contributed by atoms with E-state index in [-0.39, 0.29) is 0 Å². The number of rotatable bonds is 6. The molecular formula is C16H28. The molecule has 16 heavy (non-hydrogen) atoms. The molecule has 0 aliphatic heterocycles. The standard InChI is InChI=1S/C16H28/c1-13(2)12-15(4)14(3)10-11-16-8-6-5-7-9-16/h6-9,13-16H,5,10-12H2,1-4H3. The normalized spacial score (nSPS) is 20.3. The molecule has 0 heteroatoms. The molecule has 0 fully saturated rings. The molecule has 1 aliphatic carbocycles. The monoisotopic (exact) mass is 220 g/mol. The van der Waals surface area contributed by atoms with Gasteiger partial charge in [-0.3, -0.25) is 0 Å². The van der Waals surface area contributed by atoms with Crippen molar-refractivity contribution in [1.82, 2.24) is 0 Å². The fourth-order valence-corrected chi connectivity index (χ4v) is 2.56. The maximum atomic E-state index is 2.42. The van der Waals surface area contributed by atoms with Gasteiger partial charge in [-0.05, 0) is 49.4 Å². The second-order valence-electron chi connectivity index (χ2n) is 5.92. The van der Waals surface area contributed by atoms with E-state index in [2.05, 4.69) is 52.0 Å². The van der Waals surface area contributed by atoms with E-state index < -0.39 is 0 Å². The molecule has 0 aromatic carbocycles. The van der Waals surface area contributed by atoms with Gasteiger partial charge >= 0.3 is 0 Å². The van der Waals surface area contributed by atoms with Crippen LogP contribution in [-0.4, -0.2) is 0 Å². The third-order valence-corrected chi connectivity index (χ3v) is 3.81. The van der Waals surface area contributed by atoms with E-state index in [0.717, 1.165) is 24.2 Å². The summed E-state index contributed by atoms with van der Waals surface area (Å²) in [6.45, 7) is 9.49. The first-order valence-electron chi connectivity index (χ1n) is 6.93. The zero-order valence-electron chi connectivity index (χ0n) is 11.4. The van der Waals surface area contributed by atoms with Crippen LogP contribution in [0.25, 0.3) is 0 Å². The summed E-state index contributed by atoms with van der Waals surface area (Å²) in [7, 11) is 0. The Morgan fingerprint density at radius 2 is 1.62 bits per heavy atom. The molecule has 0 amide bonds. The molecule has 0 aromatic heterocycles. The van der Waals surface area contributed by atoms with Crippen molar-refractivity contribution in [3.63, 3.8) is 0 Å². The van der Waals surface area contributed by atoms with Gasteiger partial charge < -0.3 is 0 Å². The predicted octanol–water partition coefficient (Wildman–Crippen LogP) is 5.22. The zero-order valence-corrected chi connectivity index (χ0v) is 11.4. The number of hydrogen-bond acceptors (Lipinski definition) is 0. The minimum absolute atomic E-state index is 0.711. The highest BCUT2D eigenvalue weighted by atomic mass is 14.2. The van der Waals surface area contributed by atoms with E-state index in [9.17, 15) is 0 Å². The lowest BCUT2D eigenvalue weighted by atomic mass is 9.83. The van der Waals surface area contributed by atoms with Crippen LogP contribution in [0.2, 0.25) is 0 Å². The van der Waals surface area contributed by atoms with Crippen molar-refractivity contribution in [3.05, 3.63) is 24.3 Å². The summed E-state index contributed by atoms with van der Waals surface area (Å²) in [4.78, 5) is 0. The Labute approximate surface area is 102 Å². The highest BCUT2D eigenvalue weighted by Gasteiger charge is 2.15. The molecule has 2 atom stereocenters. The second-order valence-corrected chi connectivity index (χ2v) is 5.92. The van der Waals surface area contributed by atoms with Crippen molar-refractivity contribution in [1.29, 1.82) is 0 Å². The van der Waals surface area contributed by atoms with Crippen molar-refractivity contribution >= 4 is 0 Å². The van der Waals surface area contributed by atoms with E-state index >= 15 is 0 Å². The SMILES string of the molecule is CC(C)CC(C)C(C)CCC1C=CCC=C1. The number of hydrogen-bond donors (Lipinski definition) is 0. The van der Waals surface area contributed by atoms with Crippen LogP contribution in [0.15, 0.2) is 24.3 Å². The molecule has 0 saturated carbocycles. The Morgan fingerprint density at radius 3 is 2.19 bits per heavy atom. The largest absolute Gasteiger partial charge is 0.0842 e. The highest BCUT2D eigenvalue weighted by Crippen LogP contribution is 2.26. The maximum absolute atomic E-state index is 2.42. The molecule has 1 rings (SSSR count). The molecule has 0 aromatic rings. The Kier molecular flexibility index (Phi) is 5.87. The maximum Gasteiger partial charge on any atom is -0.00532 e. The summed E-state index contributed by atoms with van der Waals surface area (Å²) in [5.74, 6) is 3.29. The minimum Gasteiger partial charge on any atom is -0.0842 e. The summed E-state index contributed by atoms with van der Waals surface area (Å²) in [6.07, 6.45) is 14.6. The van der Waals surface area contributed by atoms with Crippen LogP contribution < -0.4 is 0 Å². The molecule has 0 saturated heterocycles. The van der Waals surface area contributed by atoms with Crippen LogP contribution in [0.4, 0.5) is 0 Å². The Balaban J connectivity index is 2.23. The van der Waals surface area contributed by atoms with Crippen molar-refractivity contribution < 1.29 is 0 Å². The third-order valence-electron chi connectivity index (χ3n) is 3.81. The molecule has 0 N–H and O–H groups in total. The number of allylic oxidation sites excluding steroid dienone is 4. The smallest absolute Gasteiger partial charge is 0.00532 e. The fraction of sp³-hybridized carbons (Fsp3) is 0.750. The van der Waals surface area contributed by atoms with Gasteiger partial charge in [0.1, 0.15) is 0 Å². The first-order valence-corrected chi connectivity index (χ1v) is 6.93. The average molecular weight is 220 g/mol. The van der Waals surface area contributed by atoms with E-state index in [0.29, 0.717) is 5.92 Å². The predicted molar refractivity (Wildman–Crippen MR) is 73.4 cm³/mol. The van der Waals surface area contributed by atoms with Crippen LogP contribution in [0, 0.1) is 23.7 Å². The quantitative estimate of drug-likeness (QED) is 0.538. The van der Waals surface area contributed by atoms with Crippen LogP contribution in [0.5, 0.6) is 0 Å². The molecular weight excluding hydrogens is 192 g/mol. The first kappa shape index (κ1) is 13.5. The summed E-state index contributed by atoms with van der Waals surface area (Å²) >= 11 is 0. The van der Waals surface area contributed by atoms with Crippen LogP contribution in [0.1, 0.15) is 53.4 Å². The lowest BCUT2D eigenvalue weighted by Crippen LogP contribution is -2.12. The molecule has 2 unspecified atom stereocenters. The molecule has 0 bridgehead atoms. The van der Waals surface area contributed by atoms with Crippen molar-refractivity contribution in [2.24, 2.45) is 23.7 Å². The summed E-state index contributed by atoms with van der Waals surface area (Å²) in [5.41, 5.74) is 0. The van der Waals surface area contributed by atoms with E-state index in [1.165, 1.54) is 19.3 Å². The van der Waals surface area contributed by atoms with Gasteiger partial charge in [0.25, 0.3) is 0 Å². The molecule has 1 aliphatic rings. The van der Waals surface area contributed by atoms with Gasteiger partial charge in [0.2, 0.25) is 0 Å². The first-order chi connectivity index (χ1) is 7.59. The van der Waals surface area contributed by atoms with Gasteiger partial charge in [-0.25, -0.2) is 0 Å². The van der Waals surface area contributed by atoms with Crippen molar-refractivity contribution in [2.45, 2.75) is 53.4 Å². The van der Waals surface area contributed by atoms with Gasteiger partial charge in [-0.2, -0.15) is 0 Å².